The molecule has 32 heavy (non-hydrogen) atoms. The lowest BCUT2D eigenvalue weighted by molar-refractivity contribution is 0.734. The molecule has 0 fully saturated rings. The number of para-hydroxylation sites is 1. The van der Waals surface area contributed by atoms with Crippen LogP contribution >= 0.6 is 0 Å². The van der Waals surface area contributed by atoms with Crippen LogP contribution in [0, 0.1) is 20.8 Å². The van der Waals surface area contributed by atoms with Crippen LogP contribution in [0.15, 0.2) is 53.5 Å². The van der Waals surface area contributed by atoms with Gasteiger partial charge >= 0.3 is 0 Å². The highest BCUT2D eigenvalue weighted by molar-refractivity contribution is 5.80. The lowest BCUT2D eigenvalue weighted by Gasteiger charge is -2.11. The van der Waals surface area contributed by atoms with Crippen LogP contribution < -0.4 is 10.9 Å². The van der Waals surface area contributed by atoms with E-state index in [4.69, 9.17) is 0 Å². The Hall–Kier alpha value is -3.94. The highest BCUT2D eigenvalue weighted by atomic mass is 16.1. The van der Waals surface area contributed by atoms with Crippen molar-refractivity contribution in [3.05, 3.63) is 81.7 Å². The van der Waals surface area contributed by atoms with E-state index in [1.807, 2.05) is 53.4 Å². The number of fused-ring (bicyclic) bond motifs is 3. The molecule has 3 heterocycles. The minimum Gasteiger partial charge on any atom is -0.375 e. The van der Waals surface area contributed by atoms with Crippen LogP contribution in [0.4, 0.5) is 5.69 Å². The Balaban J connectivity index is 1.53. The molecule has 0 aliphatic rings. The summed E-state index contributed by atoms with van der Waals surface area (Å²) in [6.07, 6.45) is 1.83. The van der Waals surface area contributed by atoms with Gasteiger partial charge in [0.05, 0.1) is 40.7 Å². The molecule has 0 radical (unpaired) electrons. The number of hydrogen-bond acceptors (Lipinski definition) is 5. The van der Waals surface area contributed by atoms with Crippen molar-refractivity contribution in [2.24, 2.45) is 0 Å². The summed E-state index contributed by atoms with van der Waals surface area (Å²) in [5.74, 6) is 1.29. The van der Waals surface area contributed by atoms with Gasteiger partial charge in [0.1, 0.15) is 0 Å². The van der Waals surface area contributed by atoms with E-state index in [1.54, 1.807) is 4.57 Å². The SMILES string of the molecule is CCn1c(=O)c2ccccc2n2c(CNc3cnn(-c4cc(C)ccc4C)c3C)nnc12. The second-order valence-electron chi connectivity index (χ2n) is 8.02. The van der Waals surface area contributed by atoms with Gasteiger partial charge in [0.15, 0.2) is 5.82 Å². The molecule has 8 nitrogen and oxygen atoms in total. The van der Waals surface area contributed by atoms with Gasteiger partial charge in [0.2, 0.25) is 5.78 Å². The van der Waals surface area contributed by atoms with E-state index in [0.717, 1.165) is 28.4 Å². The Kier molecular flexibility index (Phi) is 4.77. The molecule has 5 rings (SSSR count). The predicted molar refractivity (Wildman–Crippen MR) is 126 cm³/mol. The molecular weight excluding hydrogens is 402 g/mol. The van der Waals surface area contributed by atoms with Crippen molar-refractivity contribution in [3.8, 4) is 5.69 Å². The van der Waals surface area contributed by atoms with Gasteiger partial charge in [-0.3, -0.25) is 13.8 Å². The average Bonchev–Trinajstić information content (AvgIpc) is 3.38. The topological polar surface area (TPSA) is 82.0 Å². The Labute approximate surface area is 185 Å². The molecule has 0 aliphatic heterocycles. The zero-order valence-corrected chi connectivity index (χ0v) is 18.6. The van der Waals surface area contributed by atoms with Gasteiger partial charge < -0.3 is 5.32 Å². The lowest BCUT2D eigenvalue weighted by Crippen LogP contribution is -2.23. The minimum atomic E-state index is -0.0480. The Morgan fingerprint density at radius 2 is 1.84 bits per heavy atom. The summed E-state index contributed by atoms with van der Waals surface area (Å²) in [6, 6.07) is 13.9. The number of aryl methyl sites for hydroxylation is 3. The van der Waals surface area contributed by atoms with Gasteiger partial charge in [0.25, 0.3) is 5.56 Å². The summed E-state index contributed by atoms with van der Waals surface area (Å²) in [4.78, 5) is 12.9. The van der Waals surface area contributed by atoms with Crippen molar-refractivity contribution in [1.29, 1.82) is 0 Å². The molecule has 0 atom stereocenters. The maximum Gasteiger partial charge on any atom is 0.262 e. The maximum absolute atomic E-state index is 12.9. The molecule has 0 saturated heterocycles. The van der Waals surface area contributed by atoms with Crippen molar-refractivity contribution < 1.29 is 0 Å². The van der Waals surface area contributed by atoms with Crippen LogP contribution in [-0.2, 0) is 13.1 Å². The molecule has 0 amide bonds. The largest absolute Gasteiger partial charge is 0.375 e. The van der Waals surface area contributed by atoms with Crippen LogP contribution in [0.1, 0.15) is 29.6 Å². The highest BCUT2D eigenvalue weighted by Gasteiger charge is 2.16. The third kappa shape index (κ3) is 3.07. The van der Waals surface area contributed by atoms with Gasteiger partial charge in [-0.1, -0.05) is 24.3 Å². The number of hydrogen-bond donors (Lipinski definition) is 1. The number of nitrogens with one attached hydrogen (secondary N) is 1. The summed E-state index contributed by atoms with van der Waals surface area (Å²) in [5, 5.41) is 17.4. The molecule has 162 valence electrons. The van der Waals surface area contributed by atoms with E-state index < -0.39 is 0 Å². The normalized spacial score (nSPS) is 11.5. The van der Waals surface area contributed by atoms with Crippen molar-refractivity contribution in [2.75, 3.05) is 5.32 Å². The Morgan fingerprint density at radius 3 is 2.66 bits per heavy atom. The van der Waals surface area contributed by atoms with E-state index >= 15 is 0 Å². The monoisotopic (exact) mass is 427 g/mol. The second-order valence-corrected chi connectivity index (χ2v) is 8.02. The lowest BCUT2D eigenvalue weighted by atomic mass is 10.1. The molecule has 8 heteroatoms. The molecule has 0 saturated carbocycles. The van der Waals surface area contributed by atoms with E-state index in [2.05, 4.69) is 52.7 Å². The number of benzene rings is 2. The molecule has 0 aliphatic carbocycles. The molecule has 3 aromatic heterocycles. The maximum atomic E-state index is 12.9. The Morgan fingerprint density at radius 1 is 1.03 bits per heavy atom. The molecule has 2 aromatic carbocycles. The highest BCUT2D eigenvalue weighted by Crippen LogP contribution is 2.23. The molecule has 0 bridgehead atoms. The third-order valence-electron chi connectivity index (χ3n) is 5.93. The smallest absolute Gasteiger partial charge is 0.262 e. The van der Waals surface area contributed by atoms with Gasteiger partial charge in [-0.25, -0.2) is 4.68 Å². The summed E-state index contributed by atoms with van der Waals surface area (Å²) in [7, 11) is 0. The molecule has 0 spiro atoms. The second kappa shape index (κ2) is 7.64. The molecular formula is C24H25N7O. The fourth-order valence-electron chi connectivity index (χ4n) is 4.16. The van der Waals surface area contributed by atoms with Crippen LogP contribution in [0.2, 0.25) is 0 Å². The first kappa shape index (κ1) is 20.0. The number of aromatic nitrogens is 6. The third-order valence-corrected chi connectivity index (χ3v) is 5.93. The standard InChI is InChI=1S/C24H25N7O/c1-5-29-23(32)18-8-6-7-9-20(18)30-22(27-28-24(29)30)14-25-19-13-26-31(17(19)4)21-12-15(2)10-11-16(21)3/h6-13,25H,5,14H2,1-4H3. The van der Waals surface area contributed by atoms with Crippen molar-refractivity contribution in [1.82, 2.24) is 28.9 Å². The summed E-state index contributed by atoms with van der Waals surface area (Å²) in [5.41, 5.74) is 6.13. The van der Waals surface area contributed by atoms with Gasteiger partial charge in [-0.2, -0.15) is 5.10 Å². The van der Waals surface area contributed by atoms with E-state index in [0.29, 0.717) is 24.3 Å². The van der Waals surface area contributed by atoms with Gasteiger partial charge in [0, 0.05) is 6.54 Å². The van der Waals surface area contributed by atoms with Crippen molar-refractivity contribution >= 4 is 22.4 Å². The van der Waals surface area contributed by atoms with Gasteiger partial charge in [-0.15, -0.1) is 10.2 Å². The first-order chi connectivity index (χ1) is 15.5. The average molecular weight is 428 g/mol. The van der Waals surface area contributed by atoms with Crippen LogP contribution in [-0.4, -0.2) is 28.9 Å². The van der Waals surface area contributed by atoms with E-state index in [1.165, 1.54) is 11.1 Å². The quantitative estimate of drug-likeness (QED) is 0.462. The molecule has 0 unspecified atom stereocenters. The zero-order valence-electron chi connectivity index (χ0n) is 18.6. The van der Waals surface area contributed by atoms with E-state index in [-0.39, 0.29) is 5.56 Å². The van der Waals surface area contributed by atoms with Crippen LogP contribution in [0.3, 0.4) is 0 Å². The van der Waals surface area contributed by atoms with E-state index in [9.17, 15) is 4.79 Å². The van der Waals surface area contributed by atoms with Gasteiger partial charge in [-0.05, 0) is 57.0 Å². The first-order valence-corrected chi connectivity index (χ1v) is 10.7. The number of rotatable bonds is 5. The predicted octanol–water partition coefficient (Wildman–Crippen LogP) is 3.79. The number of anilines is 1. The fourth-order valence-corrected chi connectivity index (χ4v) is 4.16. The molecule has 1 N–H and O–H groups in total. The zero-order chi connectivity index (χ0) is 22.4. The van der Waals surface area contributed by atoms with Crippen LogP contribution in [0.5, 0.6) is 0 Å². The van der Waals surface area contributed by atoms with Crippen LogP contribution in [0.25, 0.3) is 22.4 Å². The van der Waals surface area contributed by atoms with Crippen molar-refractivity contribution in [2.45, 2.75) is 40.8 Å². The summed E-state index contributed by atoms with van der Waals surface area (Å²) < 4.78 is 5.57. The summed E-state index contributed by atoms with van der Waals surface area (Å²) in [6.45, 7) is 9.13. The number of nitrogens with zero attached hydrogens (tertiary/aromatic N) is 6. The summed E-state index contributed by atoms with van der Waals surface area (Å²) >= 11 is 0. The Bertz CT molecular complexity index is 1520. The first-order valence-electron chi connectivity index (χ1n) is 10.7. The fraction of sp³-hybridized carbons (Fsp3) is 0.250. The minimum absolute atomic E-state index is 0.0480. The molecule has 5 aromatic rings. The van der Waals surface area contributed by atoms with Crippen molar-refractivity contribution in [3.63, 3.8) is 0 Å².